The van der Waals surface area contributed by atoms with E-state index in [0.717, 1.165) is 27.6 Å². The van der Waals surface area contributed by atoms with Gasteiger partial charge in [-0.1, -0.05) is 18.2 Å². The van der Waals surface area contributed by atoms with Gasteiger partial charge >= 0.3 is 0 Å². The number of amides is 1. The number of para-hydroxylation sites is 1. The summed E-state index contributed by atoms with van der Waals surface area (Å²) < 4.78 is 16.1. The molecule has 30 heavy (non-hydrogen) atoms. The zero-order chi connectivity index (χ0) is 21.7. The van der Waals surface area contributed by atoms with Crippen molar-refractivity contribution in [2.75, 3.05) is 28.4 Å². The van der Waals surface area contributed by atoms with Crippen molar-refractivity contribution in [1.82, 2.24) is 9.88 Å². The Balaban J connectivity index is 1.73. The lowest BCUT2D eigenvalue weighted by Gasteiger charge is -2.26. The molecule has 0 radical (unpaired) electrons. The third-order valence-corrected chi connectivity index (χ3v) is 6.02. The molecular weight excluding hydrogens is 400 g/mol. The van der Waals surface area contributed by atoms with Crippen LogP contribution in [0.2, 0.25) is 0 Å². The van der Waals surface area contributed by atoms with Gasteiger partial charge in [0, 0.05) is 23.6 Å². The Morgan fingerprint density at radius 2 is 1.73 bits per heavy atom. The molecule has 7 heteroatoms. The van der Waals surface area contributed by atoms with Crippen molar-refractivity contribution in [1.29, 1.82) is 0 Å². The van der Waals surface area contributed by atoms with Gasteiger partial charge in [0.05, 0.1) is 39.5 Å². The quantitative estimate of drug-likeness (QED) is 0.527. The predicted octanol–water partition coefficient (Wildman–Crippen LogP) is 4.60. The Morgan fingerprint density at radius 1 is 1.03 bits per heavy atom. The van der Waals surface area contributed by atoms with Crippen LogP contribution in [0, 0.1) is 0 Å². The number of carbonyl (C=O) groups excluding carboxylic acids is 1. The molecule has 1 heterocycles. The molecule has 158 valence electrons. The molecule has 0 saturated heterocycles. The number of hydrogen-bond acceptors (Lipinski definition) is 6. The van der Waals surface area contributed by atoms with E-state index in [0.29, 0.717) is 11.5 Å². The molecule has 0 aliphatic carbocycles. The number of methoxy groups -OCH3 is 3. The summed E-state index contributed by atoms with van der Waals surface area (Å²) in [6.45, 7) is 1.99. The smallest absolute Gasteiger partial charge is 0.228 e. The van der Waals surface area contributed by atoms with Gasteiger partial charge in [-0.05, 0) is 31.2 Å². The fraction of sp³-hybridized carbons (Fsp3) is 0.304. The molecule has 1 amide bonds. The van der Waals surface area contributed by atoms with E-state index in [4.69, 9.17) is 14.2 Å². The van der Waals surface area contributed by atoms with Crippen LogP contribution >= 0.6 is 11.3 Å². The highest BCUT2D eigenvalue weighted by Gasteiger charge is 2.21. The highest BCUT2D eigenvalue weighted by Crippen LogP contribution is 2.34. The predicted molar refractivity (Wildman–Crippen MR) is 119 cm³/mol. The van der Waals surface area contributed by atoms with Crippen molar-refractivity contribution in [2.24, 2.45) is 0 Å². The minimum Gasteiger partial charge on any atom is -0.496 e. The summed E-state index contributed by atoms with van der Waals surface area (Å²) in [6.07, 6.45) is 0.236. The topological polar surface area (TPSA) is 60.9 Å². The van der Waals surface area contributed by atoms with Crippen molar-refractivity contribution in [2.45, 2.75) is 19.4 Å². The van der Waals surface area contributed by atoms with Crippen LogP contribution in [-0.4, -0.2) is 44.2 Å². The van der Waals surface area contributed by atoms with E-state index in [9.17, 15) is 4.79 Å². The third kappa shape index (κ3) is 4.57. The van der Waals surface area contributed by atoms with E-state index in [-0.39, 0.29) is 18.4 Å². The van der Waals surface area contributed by atoms with Gasteiger partial charge in [-0.25, -0.2) is 4.98 Å². The summed E-state index contributed by atoms with van der Waals surface area (Å²) in [5, 5.41) is 2.75. The summed E-state index contributed by atoms with van der Waals surface area (Å²) in [5.74, 6) is 2.08. The van der Waals surface area contributed by atoms with Crippen LogP contribution in [0.1, 0.15) is 24.2 Å². The van der Waals surface area contributed by atoms with Crippen LogP contribution in [0.4, 0.5) is 0 Å². The summed E-state index contributed by atoms with van der Waals surface area (Å²) in [7, 11) is 6.65. The molecule has 0 aliphatic heterocycles. The maximum Gasteiger partial charge on any atom is 0.228 e. The largest absolute Gasteiger partial charge is 0.496 e. The number of thiazole rings is 1. The maximum atomic E-state index is 12.9. The van der Waals surface area contributed by atoms with Gasteiger partial charge in [-0.3, -0.25) is 4.79 Å². The maximum absolute atomic E-state index is 12.9. The molecule has 3 aromatic rings. The van der Waals surface area contributed by atoms with Crippen LogP contribution in [0.3, 0.4) is 0 Å². The Hall–Kier alpha value is -3.06. The van der Waals surface area contributed by atoms with Crippen LogP contribution in [-0.2, 0) is 11.2 Å². The van der Waals surface area contributed by atoms with Gasteiger partial charge < -0.3 is 19.1 Å². The number of carbonyl (C=O) groups is 1. The van der Waals surface area contributed by atoms with E-state index < -0.39 is 0 Å². The SMILES string of the molecule is COc1ccc(-c2nc(CC(=O)N(C)C(C)c3ccccc3OC)cs2)cc1OC. The second kappa shape index (κ2) is 9.63. The average molecular weight is 427 g/mol. The van der Waals surface area contributed by atoms with Gasteiger partial charge in [0.1, 0.15) is 10.8 Å². The van der Waals surface area contributed by atoms with Crippen LogP contribution in [0.15, 0.2) is 47.8 Å². The molecular formula is C23H26N2O4S. The molecule has 0 saturated carbocycles. The lowest BCUT2D eigenvalue weighted by Crippen LogP contribution is -2.31. The van der Waals surface area contributed by atoms with Crippen LogP contribution < -0.4 is 14.2 Å². The first-order valence-corrected chi connectivity index (χ1v) is 10.4. The molecule has 2 aromatic carbocycles. The van der Waals surface area contributed by atoms with Gasteiger partial charge in [0.15, 0.2) is 11.5 Å². The summed E-state index contributed by atoms with van der Waals surface area (Å²) in [6, 6.07) is 13.3. The first-order valence-electron chi connectivity index (χ1n) is 9.53. The van der Waals surface area contributed by atoms with Crippen molar-refractivity contribution < 1.29 is 19.0 Å². The number of ether oxygens (including phenoxy) is 3. The molecule has 0 spiro atoms. The Kier molecular flexibility index (Phi) is 6.95. The number of nitrogens with zero attached hydrogens (tertiary/aromatic N) is 2. The van der Waals surface area contributed by atoms with Gasteiger partial charge in [0.25, 0.3) is 0 Å². The summed E-state index contributed by atoms with van der Waals surface area (Å²) in [4.78, 5) is 19.2. The highest BCUT2D eigenvalue weighted by atomic mass is 32.1. The fourth-order valence-electron chi connectivity index (χ4n) is 3.21. The molecule has 0 aliphatic rings. The molecule has 6 nitrogen and oxygen atoms in total. The number of benzene rings is 2. The molecule has 0 bridgehead atoms. The lowest BCUT2D eigenvalue weighted by molar-refractivity contribution is -0.131. The van der Waals surface area contributed by atoms with E-state index in [1.807, 2.05) is 54.8 Å². The van der Waals surface area contributed by atoms with Gasteiger partial charge in [-0.2, -0.15) is 0 Å². The van der Waals surface area contributed by atoms with E-state index in [1.165, 1.54) is 11.3 Å². The molecule has 1 atom stereocenters. The average Bonchev–Trinajstić information content (AvgIpc) is 3.25. The zero-order valence-electron chi connectivity index (χ0n) is 17.8. The minimum absolute atomic E-state index is 0.00225. The second-order valence-electron chi connectivity index (χ2n) is 6.81. The lowest BCUT2D eigenvalue weighted by atomic mass is 10.1. The first-order chi connectivity index (χ1) is 14.5. The number of likely N-dealkylation sites (N-methyl/N-ethyl adjacent to an activating group) is 1. The van der Waals surface area contributed by atoms with Gasteiger partial charge in [0.2, 0.25) is 5.91 Å². The number of rotatable bonds is 8. The van der Waals surface area contributed by atoms with Crippen LogP contribution in [0.5, 0.6) is 17.2 Å². The van der Waals surface area contributed by atoms with Crippen molar-refractivity contribution in [3.05, 3.63) is 59.1 Å². The fourth-order valence-corrected chi connectivity index (χ4v) is 4.02. The molecule has 0 N–H and O–H groups in total. The standard InChI is InChI=1S/C23H26N2O4S/c1-15(18-8-6-7-9-19(18)27-3)25(2)22(26)13-17-14-30-23(24-17)16-10-11-20(28-4)21(12-16)29-5/h6-12,14-15H,13H2,1-5H3. The van der Waals surface area contributed by atoms with Gasteiger partial charge in [-0.15, -0.1) is 11.3 Å². The normalized spacial score (nSPS) is 11.6. The van der Waals surface area contributed by atoms with Crippen molar-refractivity contribution in [3.8, 4) is 27.8 Å². The van der Waals surface area contributed by atoms with Crippen molar-refractivity contribution in [3.63, 3.8) is 0 Å². The minimum atomic E-state index is -0.113. The number of hydrogen-bond donors (Lipinski definition) is 0. The molecule has 3 rings (SSSR count). The van der Waals surface area contributed by atoms with E-state index in [1.54, 1.807) is 33.3 Å². The first kappa shape index (κ1) is 21.6. The summed E-state index contributed by atoms with van der Waals surface area (Å²) >= 11 is 1.50. The third-order valence-electron chi connectivity index (χ3n) is 5.08. The molecule has 0 fully saturated rings. The Bertz CT molecular complexity index is 1020. The highest BCUT2D eigenvalue weighted by molar-refractivity contribution is 7.13. The van der Waals surface area contributed by atoms with E-state index >= 15 is 0 Å². The molecule has 1 unspecified atom stereocenters. The summed E-state index contributed by atoms with van der Waals surface area (Å²) in [5.41, 5.74) is 2.64. The van der Waals surface area contributed by atoms with Crippen LogP contribution in [0.25, 0.3) is 10.6 Å². The number of aromatic nitrogens is 1. The Labute approximate surface area is 181 Å². The zero-order valence-corrected chi connectivity index (χ0v) is 18.7. The Morgan fingerprint density at radius 3 is 2.43 bits per heavy atom. The van der Waals surface area contributed by atoms with E-state index in [2.05, 4.69) is 4.98 Å². The van der Waals surface area contributed by atoms with Crippen molar-refractivity contribution >= 4 is 17.2 Å². The monoisotopic (exact) mass is 426 g/mol. The molecule has 1 aromatic heterocycles. The second-order valence-corrected chi connectivity index (χ2v) is 7.67.